The number of fused-ring (bicyclic) bond motifs is 3. The predicted molar refractivity (Wildman–Crippen MR) is 121 cm³/mol. The molecule has 4 heteroatoms. The normalized spacial score (nSPS) is 20.2. The van der Waals surface area contributed by atoms with Crippen LogP contribution in [0.5, 0.6) is 0 Å². The highest BCUT2D eigenvalue weighted by molar-refractivity contribution is 5.79. The van der Waals surface area contributed by atoms with Gasteiger partial charge in [0.1, 0.15) is 6.61 Å². The minimum Gasteiger partial charge on any atom is -0.448 e. The Hall–Kier alpha value is -3.11. The molecule has 2 atom stereocenters. The fourth-order valence-electron chi connectivity index (χ4n) is 5.21. The standard InChI is InChI=1S/C27H27NO3/c29-17-20-16-28(15-14-21(20)19-8-2-1-3-9-19)27(30)31-18-26-24-12-6-4-10-22(24)23-11-5-7-13-25(23)26/h1-13,20-21,26,29H,14-18H2/t20-,21-/m0/s1. The number of likely N-dealkylation sites (tertiary alicyclic amines) is 1. The lowest BCUT2D eigenvalue weighted by atomic mass is 9.81. The minimum atomic E-state index is -0.285. The first-order valence-corrected chi connectivity index (χ1v) is 11.0. The van der Waals surface area contributed by atoms with E-state index in [2.05, 4.69) is 48.5 Å². The van der Waals surface area contributed by atoms with Crippen LogP contribution >= 0.6 is 0 Å². The van der Waals surface area contributed by atoms with E-state index in [0.717, 1.165) is 6.42 Å². The van der Waals surface area contributed by atoms with Crippen LogP contribution < -0.4 is 0 Å². The van der Waals surface area contributed by atoms with Gasteiger partial charge in [-0.3, -0.25) is 0 Å². The Labute approximate surface area is 183 Å². The molecule has 2 aliphatic rings. The molecule has 1 saturated heterocycles. The van der Waals surface area contributed by atoms with Crippen molar-refractivity contribution in [2.24, 2.45) is 5.92 Å². The molecule has 0 bridgehead atoms. The number of benzene rings is 3. The van der Waals surface area contributed by atoms with Crippen LogP contribution in [-0.4, -0.2) is 42.4 Å². The van der Waals surface area contributed by atoms with Gasteiger partial charge in [-0.15, -0.1) is 0 Å². The van der Waals surface area contributed by atoms with E-state index in [1.54, 1.807) is 4.90 Å². The Kier molecular flexibility index (Phi) is 5.47. The summed E-state index contributed by atoms with van der Waals surface area (Å²) in [5.41, 5.74) is 6.11. The van der Waals surface area contributed by atoms with E-state index in [-0.39, 0.29) is 30.5 Å². The van der Waals surface area contributed by atoms with Crippen molar-refractivity contribution in [1.82, 2.24) is 4.90 Å². The lowest BCUT2D eigenvalue weighted by molar-refractivity contribution is 0.0638. The number of carbonyl (C=O) groups excluding carboxylic acids is 1. The first kappa shape index (κ1) is 19.8. The molecule has 0 radical (unpaired) electrons. The lowest BCUT2D eigenvalue weighted by Crippen LogP contribution is -2.44. The highest BCUT2D eigenvalue weighted by Crippen LogP contribution is 2.44. The molecule has 1 aliphatic carbocycles. The summed E-state index contributed by atoms with van der Waals surface area (Å²) in [6.45, 7) is 1.56. The molecule has 1 fully saturated rings. The van der Waals surface area contributed by atoms with E-state index in [1.807, 2.05) is 30.3 Å². The van der Waals surface area contributed by atoms with Crippen LogP contribution in [-0.2, 0) is 4.74 Å². The third kappa shape index (κ3) is 3.72. The number of aliphatic hydroxyl groups is 1. The molecule has 1 N–H and O–H groups in total. The lowest BCUT2D eigenvalue weighted by Gasteiger charge is -2.37. The molecule has 4 nitrogen and oxygen atoms in total. The van der Waals surface area contributed by atoms with Crippen LogP contribution in [0.4, 0.5) is 4.79 Å². The number of rotatable bonds is 4. The molecule has 5 rings (SSSR count). The van der Waals surface area contributed by atoms with E-state index in [4.69, 9.17) is 4.74 Å². The maximum absolute atomic E-state index is 12.9. The fraction of sp³-hybridized carbons (Fsp3) is 0.296. The quantitative estimate of drug-likeness (QED) is 0.652. The molecule has 1 aliphatic heterocycles. The van der Waals surface area contributed by atoms with Gasteiger partial charge in [-0.25, -0.2) is 4.79 Å². The average molecular weight is 414 g/mol. The fourth-order valence-corrected chi connectivity index (χ4v) is 5.21. The van der Waals surface area contributed by atoms with Gasteiger partial charge in [0.25, 0.3) is 0 Å². The maximum atomic E-state index is 12.9. The minimum absolute atomic E-state index is 0.0247. The van der Waals surface area contributed by atoms with Crippen LogP contribution in [0.2, 0.25) is 0 Å². The van der Waals surface area contributed by atoms with Crippen LogP contribution in [0.3, 0.4) is 0 Å². The zero-order valence-corrected chi connectivity index (χ0v) is 17.5. The Morgan fingerprint density at radius 3 is 2.16 bits per heavy atom. The van der Waals surface area contributed by atoms with E-state index >= 15 is 0 Å². The summed E-state index contributed by atoms with van der Waals surface area (Å²) in [5, 5.41) is 9.96. The Morgan fingerprint density at radius 1 is 0.903 bits per heavy atom. The van der Waals surface area contributed by atoms with Crippen LogP contribution in [0, 0.1) is 5.92 Å². The number of carbonyl (C=O) groups is 1. The largest absolute Gasteiger partial charge is 0.448 e. The molecule has 3 aromatic carbocycles. The van der Waals surface area contributed by atoms with E-state index in [1.165, 1.54) is 27.8 Å². The van der Waals surface area contributed by atoms with Crippen molar-refractivity contribution >= 4 is 6.09 Å². The summed E-state index contributed by atoms with van der Waals surface area (Å²) in [7, 11) is 0. The van der Waals surface area contributed by atoms with E-state index in [9.17, 15) is 9.90 Å². The van der Waals surface area contributed by atoms with Gasteiger partial charge in [0.05, 0.1) is 0 Å². The molecule has 0 spiro atoms. The van der Waals surface area contributed by atoms with Crippen molar-refractivity contribution in [3.05, 3.63) is 95.6 Å². The SMILES string of the molecule is O=C(OCC1c2ccccc2-c2ccccc21)N1CC[C@@H](c2ccccc2)[C@H](CO)C1. The first-order chi connectivity index (χ1) is 15.3. The molecular formula is C27H27NO3. The van der Waals surface area contributed by atoms with Gasteiger partial charge in [-0.2, -0.15) is 0 Å². The number of amides is 1. The molecule has 158 valence electrons. The van der Waals surface area contributed by atoms with Gasteiger partial charge >= 0.3 is 6.09 Å². The Bertz CT molecular complexity index is 1020. The summed E-state index contributed by atoms with van der Waals surface area (Å²) in [4.78, 5) is 14.7. The average Bonchev–Trinajstić information content (AvgIpc) is 3.16. The Morgan fingerprint density at radius 2 is 1.52 bits per heavy atom. The number of piperidine rings is 1. The predicted octanol–water partition coefficient (Wildman–Crippen LogP) is 5.03. The second-order valence-corrected chi connectivity index (χ2v) is 8.50. The maximum Gasteiger partial charge on any atom is 0.409 e. The summed E-state index contributed by atoms with van der Waals surface area (Å²) in [6, 6.07) is 27.0. The highest BCUT2D eigenvalue weighted by Gasteiger charge is 2.34. The van der Waals surface area contributed by atoms with Gasteiger partial charge in [0.15, 0.2) is 0 Å². The molecule has 3 aromatic rings. The number of nitrogens with zero attached hydrogens (tertiary/aromatic N) is 1. The second kappa shape index (κ2) is 8.56. The topological polar surface area (TPSA) is 49.8 Å². The zero-order valence-electron chi connectivity index (χ0n) is 17.5. The number of hydrogen-bond donors (Lipinski definition) is 1. The van der Waals surface area contributed by atoms with Crippen molar-refractivity contribution in [2.45, 2.75) is 18.3 Å². The number of hydrogen-bond acceptors (Lipinski definition) is 3. The zero-order chi connectivity index (χ0) is 21.2. The molecular weight excluding hydrogens is 386 g/mol. The third-order valence-corrected chi connectivity index (χ3v) is 6.79. The van der Waals surface area contributed by atoms with Crippen molar-refractivity contribution < 1.29 is 14.6 Å². The molecule has 31 heavy (non-hydrogen) atoms. The number of aliphatic hydroxyl groups excluding tert-OH is 1. The smallest absolute Gasteiger partial charge is 0.409 e. The molecule has 0 aromatic heterocycles. The van der Waals surface area contributed by atoms with Crippen molar-refractivity contribution in [1.29, 1.82) is 0 Å². The van der Waals surface area contributed by atoms with Crippen LogP contribution in [0.1, 0.15) is 34.9 Å². The Balaban J connectivity index is 1.27. The molecule has 0 unspecified atom stereocenters. The van der Waals surface area contributed by atoms with Crippen molar-refractivity contribution in [3.8, 4) is 11.1 Å². The van der Waals surface area contributed by atoms with Crippen LogP contribution in [0.15, 0.2) is 78.9 Å². The van der Waals surface area contributed by atoms with Crippen LogP contribution in [0.25, 0.3) is 11.1 Å². The van der Waals surface area contributed by atoms with Crippen molar-refractivity contribution in [3.63, 3.8) is 0 Å². The monoisotopic (exact) mass is 413 g/mol. The summed E-state index contributed by atoms with van der Waals surface area (Å²) in [5.74, 6) is 0.354. The summed E-state index contributed by atoms with van der Waals surface area (Å²) >= 11 is 0. The highest BCUT2D eigenvalue weighted by atomic mass is 16.6. The van der Waals surface area contributed by atoms with Gasteiger partial charge in [-0.1, -0.05) is 78.9 Å². The molecule has 0 saturated carbocycles. The van der Waals surface area contributed by atoms with Crippen molar-refractivity contribution in [2.75, 3.05) is 26.3 Å². The van der Waals surface area contributed by atoms with Gasteiger partial charge in [0.2, 0.25) is 0 Å². The first-order valence-electron chi connectivity index (χ1n) is 11.0. The second-order valence-electron chi connectivity index (χ2n) is 8.50. The molecule has 1 amide bonds. The van der Waals surface area contributed by atoms with Gasteiger partial charge in [0, 0.05) is 31.5 Å². The van der Waals surface area contributed by atoms with E-state index < -0.39 is 0 Å². The van der Waals surface area contributed by atoms with Gasteiger partial charge < -0.3 is 14.7 Å². The summed E-state index contributed by atoms with van der Waals surface area (Å²) < 4.78 is 5.82. The van der Waals surface area contributed by atoms with E-state index in [0.29, 0.717) is 19.7 Å². The third-order valence-electron chi connectivity index (χ3n) is 6.79. The van der Waals surface area contributed by atoms with Gasteiger partial charge in [-0.05, 0) is 40.2 Å². The number of ether oxygens (including phenoxy) is 1. The molecule has 1 heterocycles. The summed E-state index contributed by atoms with van der Waals surface area (Å²) in [6.07, 6.45) is 0.547.